The molecule has 1 amide bonds. The van der Waals surface area contributed by atoms with Gasteiger partial charge in [0.2, 0.25) is 5.91 Å². The van der Waals surface area contributed by atoms with Gasteiger partial charge in [-0.15, -0.1) is 0 Å². The molecular formula is C13H17NO. The van der Waals surface area contributed by atoms with Crippen LogP contribution in [0.4, 0.5) is 0 Å². The van der Waals surface area contributed by atoms with E-state index in [9.17, 15) is 4.79 Å². The summed E-state index contributed by atoms with van der Waals surface area (Å²) >= 11 is 0. The van der Waals surface area contributed by atoms with Crippen LogP contribution in [0.3, 0.4) is 0 Å². The Morgan fingerprint density at radius 2 is 2.07 bits per heavy atom. The number of amides is 1. The Kier molecular flexibility index (Phi) is 3.05. The largest absolute Gasteiger partial charge is 0.342 e. The van der Waals surface area contributed by atoms with Gasteiger partial charge in [0, 0.05) is 25.9 Å². The lowest BCUT2D eigenvalue weighted by molar-refractivity contribution is -0.130. The van der Waals surface area contributed by atoms with Crippen LogP contribution in [0, 0.1) is 0 Å². The minimum Gasteiger partial charge on any atom is -0.342 e. The van der Waals surface area contributed by atoms with Gasteiger partial charge < -0.3 is 4.90 Å². The quantitative estimate of drug-likeness (QED) is 0.686. The van der Waals surface area contributed by atoms with E-state index >= 15 is 0 Å². The Morgan fingerprint density at radius 3 is 2.73 bits per heavy atom. The van der Waals surface area contributed by atoms with Crippen LogP contribution in [0.5, 0.6) is 0 Å². The van der Waals surface area contributed by atoms with E-state index in [0.717, 1.165) is 19.5 Å². The number of hydrogen-bond donors (Lipinski definition) is 0. The van der Waals surface area contributed by atoms with Crippen molar-refractivity contribution in [3.05, 3.63) is 35.9 Å². The first-order chi connectivity index (χ1) is 7.27. The molecule has 15 heavy (non-hydrogen) atoms. The molecule has 1 aromatic rings. The highest BCUT2D eigenvalue weighted by atomic mass is 16.2. The van der Waals surface area contributed by atoms with Gasteiger partial charge in [0.15, 0.2) is 0 Å². The molecule has 0 radical (unpaired) electrons. The number of carbonyl (C=O) groups excluding carboxylic acids is 1. The van der Waals surface area contributed by atoms with E-state index in [1.807, 2.05) is 11.0 Å². The van der Waals surface area contributed by atoms with Crippen molar-refractivity contribution in [3.8, 4) is 0 Å². The summed E-state index contributed by atoms with van der Waals surface area (Å²) in [5.74, 6) is 0.736. The summed E-state index contributed by atoms with van der Waals surface area (Å²) in [6, 6.07) is 10.5. The second kappa shape index (κ2) is 4.47. The third kappa shape index (κ3) is 2.38. The highest BCUT2D eigenvalue weighted by Gasteiger charge is 2.22. The molecule has 2 heteroatoms. The summed E-state index contributed by atoms with van der Waals surface area (Å²) in [5, 5.41) is 0. The molecule has 1 fully saturated rings. The van der Waals surface area contributed by atoms with Crippen LogP contribution in [0.15, 0.2) is 30.3 Å². The van der Waals surface area contributed by atoms with Crippen molar-refractivity contribution in [2.24, 2.45) is 0 Å². The SMILES string of the molecule is CC(=O)N1CCCC(c2ccccc2)C1. The molecule has 0 spiro atoms. The summed E-state index contributed by atoms with van der Waals surface area (Å²) < 4.78 is 0. The van der Waals surface area contributed by atoms with E-state index in [0.29, 0.717) is 5.92 Å². The van der Waals surface area contributed by atoms with Crippen LogP contribution < -0.4 is 0 Å². The Hall–Kier alpha value is -1.31. The minimum absolute atomic E-state index is 0.204. The molecule has 0 aromatic heterocycles. The molecule has 80 valence electrons. The molecule has 2 nitrogen and oxygen atoms in total. The number of hydrogen-bond acceptors (Lipinski definition) is 1. The van der Waals surface area contributed by atoms with Crippen LogP contribution in [0.1, 0.15) is 31.2 Å². The monoisotopic (exact) mass is 203 g/mol. The molecule has 0 N–H and O–H groups in total. The molecule has 1 aliphatic rings. The van der Waals surface area contributed by atoms with Gasteiger partial charge in [-0.2, -0.15) is 0 Å². The standard InChI is InChI=1S/C13H17NO/c1-11(15)14-9-5-8-13(10-14)12-6-3-2-4-7-12/h2-4,6-7,13H,5,8-10H2,1H3. The van der Waals surface area contributed by atoms with Gasteiger partial charge in [0.05, 0.1) is 0 Å². The second-order valence-electron chi connectivity index (χ2n) is 4.21. The first-order valence-corrected chi connectivity index (χ1v) is 5.58. The van der Waals surface area contributed by atoms with Crippen molar-refractivity contribution in [3.63, 3.8) is 0 Å². The van der Waals surface area contributed by atoms with Crippen LogP contribution in [0.25, 0.3) is 0 Å². The zero-order chi connectivity index (χ0) is 10.7. The van der Waals surface area contributed by atoms with Crippen molar-refractivity contribution >= 4 is 5.91 Å². The third-order valence-electron chi connectivity index (χ3n) is 3.14. The number of carbonyl (C=O) groups is 1. The van der Waals surface area contributed by atoms with Crippen molar-refractivity contribution in [1.29, 1.82) is 0 Å². The van der Waals surface area contributed by atoms with Gasteiger partial charge in [0.25, 0.3) is 0 Å². The van der Waals surface area contributed by atoms with E-state index in [1.54, 1.807) is 6.92 Å². The highest BCUT2D eigenvalue weighted by molar-refractivity contribution is 5.73. The molecule has 1 atom stereocenters. The molecule has 1 aliphatic heterocycles. The molecule has 1 saturated heterocycles. The predicted molar refractivity (Wildman–Crippen MR) is 60.7 cm³/mol. The summed E-state index contributed by atoms with van der Waals surface area (Å²) in [6.07, 6.45) is 2.33. The first kappa shape index (κ1) is 10.2. The van der Waals surface area contributed by atoms with Crippen LogP contribution in [-0.4, -0.2) is 23.9 Å². The Labute approximate surface area is 90.9 Å². The number of likely N-dealkylation sites (tertiary alicyclic amines) is 1. The van der Waals surface area contributed by atoms with Gasteiger partial charge >= 0.3 is 0 Å². The smallest absolute Gasteiger partial charge is 0.219 e. The van der Waals surface area contributed by atoms with Crippen molar-refractivity contribution in [2.45, 2.75) is 25.7 Å². The maximum atomic E-state index is 11.3. The predicted octanol–water partition coefficient (Wildman–Crippen LogP) is 2.41. The normalized spacial score (nSPS) is 21.4. The van der Waals surface area contributed by atoms with E-state index in [-0.39, 0.29) is 5.91 Å². The zero-order valence-corrected chi connectivity index (χ0v) is 9.15. The molecule has 0 bridgehead atoms. The molecule has 1 unspecified atom stereocenters. The fourth-order valence-electron chi connectivity index (χ4n) is 2.26. The summed E-state index contributed by atoms with van der Waals surface area (Å²) in [4.78, 5) is 13.3. The average molecular weight is 203 g/mol. The fourth-order valence-corrected chi connectivity index (χ4v) is 2.26. The maximum Gasteiger partial charge on any atom is 0.219 e. The lowest BCUT2D eigenvalue weighted by Gasteiger charge is -2.32. The fraction of sp³-hybridized carbons (Fsp3) is 0.462. The molecular weight excluding hydrogens is 186 g/mol. The first-order valence-electron chi connectivity index (χ1n) is 5.58. The topological polar surface area (TPSA) is 20.3 Å². The van der Waals surface area contributed by atoms with Crippen LogP contribution in [0.2, 0.25) is 0 Å². The minimum atomic E-state index is 0.204. The van der Waals surface area contributed by atoms with E-state index in [4.69, 9.17) is 0 Å². The molecule has 0 saturated carbocycles. The molecule has 1 aromatic carbocycles. The number of rotatable bonds is 1. The zero-order valence-electron chi connectivity index (χ0n) is 9.15. The number of nitrogens with zero attached hydrogens (tertiary/aromatic N) is 1. The Balaban J connectivity index is 2.08. The summed E-state index contributed by atoms with van der Waals surface area (Å²) in [5.41, 5.74) is 1.36. The van der Waals surface area contributed by atoms with Crippen molar-refractivity contribution < 1.29 is 4.79 Å². The van der Waals surface area contributed by atoms with Gasteiger partial charge in [-0.05, 0) is 18.4 Å². The van der Waals surface area contributed by atoms with Crippen molar-refractivity contribution in [1.82, 2.24) is 4.90 Å². The second-order valence-corrected chi connectivity index (χ2v) is 4.21. The summed E-state index contributed by atoms with van der Waals surface area (Å²) in [6.45, 7) is 3.48. The van der Waals surface area contributed by atoms with E-state index in [1.165, 1.54) is 12.0 Å². The number of benzene rings is 1. The van der Waals surface area contributed by atoms with Crippen LogP contribution in [-0.2, 0) is 4.79 Å². The Bertz CT molecular complexity index is 334. The van der Waals surface area contributed by atoms with Gasteiger partial charge in [-0.25, -0.2) is 0 Å². The molecule has 2 rings (SSSR count). The highest BCUT2D eigenvalue weighted by Crippen LogP contribution is 2.26. The van der Waals surface area contributed by atoms with Gasteiger partial charge in [0.1, 0.15) is 0 Å². The number of piperidine rings is 1. The Morgan fingerprint density at radius 1 is 1.33 bits per heavy atom. The lowest BCUT2D eigenvalue weighted by Crippen LogP contribution is -2.37. The average Bonchev–Trinajstić information content (AvgIpc) is 2.30. The molecule has 1 heterocycles. The van der Waals surface area contributed by atoms with E-state index < -0.39 is 0 Å². The lowest BCUT2D eigenvalue weighted by atomic mass is 9.91. The van der Waals surface area contributed by atoms with Crippen molar-refractivity contribution in [2.75, 3.05) is 13.1 Å². The maximum absolute atomic E-state index is 11.3. The van der Waals surface area contributed by atoms with E-state index in [2.05, 4.69) is 24.3 Å². The van der Waals surface area contributed by atoms with Crippen LogP contribution >= 0.6 is 0 Å². The van der Waals surface area contributed by atoms with Gasteiger partial charge in [-0.3, -0.25) is 4.79 Å². The summed E-state index contributed by atoms with van der Waals surface area (Å²) in [7, 11) is 0. The molecule has 0 aliphatic carbocycles. The van der Waals surface area contributed by atoms with Gasteiger partial charge in [-0.1, -0.05) is 30.3 Å². The third-order valence-corrected chi connectivity index (χ3v) is 3.14.